The fourth-order valence-electron chi connectivity index (χ4n) is 1.73. The van der Waals surface area contributed by atoms with Crippen LogP contribution in [0, 0.1) is 0 Å². The molecule has 0 saturated heterocycles. The van der Waals surface area contributed by atoms with E-state index in [2.05, 4.69) is 15.9 Å². The number of ether oxygens (including phenoxy) is 1. The third-order valence-corrected chi connectivity index (χ3v) is 3.11. The Bertz CT molecular complexity index is 557. The molecule has 0 aromatic heterocycles. The Kier molecular flexibility index (Phi) is 3.58. The molecule has 2 rings (SSSR count). The molecule has 0 bridgehead atoms. The number of carboxylic acid groups (broad SMARTS) is 1. The minimum Gasteiger partial charge on any atom is -0.478 e. The molecule has 1 aliphatic heterocycles. The van der Waals surface area contributed by atoms with Gasteiger partial charge in [0.05, 0.1) is 5.57 Å². The van der Waals surface area contributed by atoms with Crippen molar-refractivity contribution < 1.29 is 27.8 Å². The van der Waals surface area contributed by atoms with Crippen molar-refractivity contribution in [2.24, 2.45) is 0 Å². The van der Waals surface area contributed by atoms with Crippen LogP contribution in [0.15, 0.2) is 28.2 Å². The van der Waals surface area contributed by atoms with Gasteiger partial charge in [0.15, 0.2) is 12.8 Å². The summed E-state index contributed by atoms with van der Waals surface area (Å²) in [7, 11) is 0. The Morgan fingerprint density at radius 3 is 2.74 bits per heavy atom. The average molecular weight is 337 g/mol. The summed E-state index contributed by atoms with van der Waals surface area (Å²) in [5.41, 5.74) is -0.328. The maximum atomic E-state index is 13.4. The second-order valence-electron chi connectivity index (χ2n) is 3.98. The highest BCUT2D eigenvalue weighted by Crippen LogP contribution is 2.37. The molecule has 0 saturated carbocycles. The number of carbonyl (C=O) groups is 1. The molecule has 1 heterocycles. The van der Waals surface area contributed by atoms with Crippen molar-refractivity contribution in [1.29, 1.82) is 0 Å². The second-order valence-corrected chi connectivity index (χ2v) is 4.90. The lowest BCUT2D eigenvalue weighted by atomic mass is 9.98. The van der Waals surface area contributed by atoms with Crippen LogP contribution < -0.4 is 4.74 Å². The van der Waals surface area contributed by atoms with Gasteiger partial charge >= 0.3 is 11.9 Å². The summed E-state index contributed by atoms with van der Waals surface area (Å²) >= 11 is 3.18. The predicted molar refractivity (Wildman–Crippen MR) is 65.1 cm³/mol. The van der Waals surface area contributed by atoms with Crippen molar-refractivity contribution in [3.05, 3.63) is 33.8 Å². The third kappa shape index (κ3) is 2.60. The summed E-state index contributed by atoms with van der Waals surface area (Å²) in [4.78, 5) is 11.0. The van der Waals surface area contributed by atoms with Gasteiger partial charge in [-0.15, -0.1) is 0 Å². The molecular weight excluding hydrogens is 329 g/mol. The zero-order valence-corrected chi connectivity index (χ0v) is 11.0. The molecule has 0 aliphatic carbocycles. The van der Waals surface area contributed by atoms with E-state index < -0.39 is 30.2 Å². The summed E-state index contributed by atoms with van der Waals surface area (Å²) < 4.78 is 44.8. The summed E-state index contributed by atoms with van der Waals surface area (Å²) in [6.45, 7) is -1.99. The zero-order chi connectivity index (χ0) is 14.2. The number of hydrogen-bond donors (Lipinski definition) is 1. The number of rotatable bonds is 3. The Labute approximate surface area is 114 Å². The van der Waals surface area contributed by atoms with Gasteiger partial charge in [-0.3, -0.25) is 0 Å². The largest absolute Gasteiger partial charge is 0.478 e. The molecule has 0 fully saturated rings. The minimum absolute atomic E-state index is 0.0892. The van der Waals surface area contributed by atoms with Gasteiger partial charge in [-0.25, -0.2) is 9.18 Å². The number of carboxylic acids is 1. The van der Waals surface area contributed by atoms with E-state index in [1.54, 1.807) is 6.07 Å². The molecule has 19 heavy (non-hydrogen) atoms. The first-order valence-corrected chi connectivity index (χ1v) is 5.99. The lowest BCUT2D eigenvalue weighted by Crippen LogP contribution is -2.44. The average Bonchev–Trinajstić information content (AvgIpc) is 2.36. The van der Waals surface area contributed by atoms with Gasteiger partial charge in [-0.1, -0.05) is 15.9 Å². The molecule has 7 heteroatoms. The number of hydrogen-bond acceptors (Lipinski definition) is 2. The third-order valence-electron chi connectivity index (χ3n) is 2.62. The maximum Gasteiger partial charge on any atom is 0.335 e. The van der Waals surface area contributed by atoms with E-state index in [0.717, 1.165) is 6.08 Å². The van der Waals surface area contributed by atoms with Crippen LogP contribution >= 0.6 is 15.9 Å². The van der Waals surface area contributed by atoms with E-state index >= 15 is 0 Å². The summed E-state index contributed by atoms with van der Waals surface area (Å²) in [5, 5.41) is 8.95. The molecular formula is C12H8BrF3O3. The Morgan fingerprint density at radius 2 is 2.16 bits per heavy atom. The van der Waals surface area contributed by atoms with Crippen molar-refractivity contribution in [3.8, 4) is 5.75 Å². The zero-order valence-electron chi connectivity index (χ0n) is 9.37. The van der Waals surface area contributed by atoms with Crippen molar-refractivity contribution in [2.45, 2.75) is 12.0 Å². The monoisotopic (exact) mass is 336 g/mol. The van der Waals surface area contributed by atoms with Gasteiger partial charge in [0, 0.05) is 10.0 Å². The lowest BCUT2D eigenvalue weighted by Gasteiger charge is -2.29. The number of alkyl halides is 3. The SMILES string of the molecule is O=C(O)C1=Cc2cc(Br)ccc2OC1C(F)(F)CF. The topological polar surface area (TPSA) is 46.5 Å². The van der Waals surface area contributed by atoms with Crippen LogP contribution in [0.2, 0.25) is 0 Å². The number of fused-ring (bicyclic) bond motifs is 1. The van der Waals surface area contributed by atoms with Crippen LogP contribution in [-0.4, -0.2) is 29.8 Å². The van der Waals surface area contributed by atoms with E-state index in [4.69, 9.17) is 9.84 Å². The molecule has 1 N–H and O–H groups in total. The van der Waals surface area contributed by atoms with E-state index in [0.29, 0.717) is 10.0 Å². The Hall–Kier alpha value is -1.50. The number of aliphatic carboxylic acids is 1. The summed E-state index contributed by atoms with van der Waals surface area (Å²) in [5.74, 6) is -5.37. The highest BCUT2D eigenvalue weighted by molar-refractivity contribution is 9.10. The number of benzene rings is 1. The molecule has 0 amide bonds. The van der Waals surface area contributed by atoms with Gasteiger partial charge in [0.25, 0.3) is 0 Å². The van der Waals surface area contributed by atoms with Crippen molar-refractivity contribution >= 4 is 28.0 Å². The normalized spacial score (nSPS) is 18.3. The van der Waals surface area contributed by atoms with Crippen LogP contribution in [0.1, 0.15) is 5.56 Å². The predicted octanol–water partition coefficient (Wildman–Crippen LogP) is 3.28. The van der Waals surface area contributed by atoms with Crippen LogP contribution in [0.25, 0.3) is 6.08 Å². The first-order valence-electron chi connectivity index (χ1n) is 5.20. The highest BCUT2D eigenvalue weighted by Gasteiger charge is 2.48. The minimum atomic E-state index is -3.89. The lowest BCUT2D eigenvalue weighted by molar-refractivity contribution is -0.139. The molecule has 3 nitrogen and oxygen atoms in total. The fraction of sp³-hybridized carbons (Fsp3) is 0.250. The molecule has 102 valence electrons. The molecule has 1 aromatic rings. The van der Waals surface area contributed by atoms with Crippen molar-refractivity contribution in [1.82, 2.24) is 0 Å². The molecule has 0 radical (unpaired) electrons. The second kappa shape index (κ2) is 4.88. The standard InChI is InChI=1S/C12H8BrF3O3/c13-7-1-2-9-6(3-7)4-8(11(17)18)10(19-9)12(15,16)5-14/h1-4,10H,5H2,(H,17,18). The molecule has 1 unspecified atom stereocenters. The fourth-order valence-corrected chi connectivity index (χ4v) is 2.11. The van der Waals surface area contributed by atoms with Gasteiger partial charge in [-0.2, -0.15) is 8.78 Å². The molecule has 1 atom stereocenters. The van der Waals surface area contributed by atoms with Gasteiger partial charge in [0.1, 0.15) is 5.75 Å². The number of halogens is 4. The quantitative estimate of drug-likeness (QED) is 0.921. The van der Waals surface area contributed by atoms with E-state index in [1.165, 1.54) is 12.1 Å². The Morgan fingerprint density at radius 1 is 1.47 bits per heavy atom. The highest BCUT2D eigenvalue weighted by atomic mass is 79.9. The van der Waals surface area contributed by atoms with Crippen molar-refractivity contribution in [2.75, 3.05) is 6.67 Å². The molecule has 0 spiro atoms. The first-order chi connectivity index (χ1) is 8.85. The van der Waals surface area contributed by atoms with E-state index in [9.17, 15) is 18.0 Å². The van der Waals surface area contributed by atoms with E-state index in [1.807, 2.05) is 0 Å². The van der Waals surface area contributed by atoms with Crippen LogP contribution in [-0.2, 0) is 4.79 Å². The van der Waals surface area contributed by atoms with Gasteiger partial charge in [0.2, 0.25) is 0 Å². The first kappa shape index (κ1) is 13.9. The van der Waals surface area contributed by atoms with Crippen molar-refractivity contribution in [3.63, 3.8) is 0 Å². The molecule has 1 aromatic carbocycles. The van der Waals surface area contributed by atoms with Crippen LogP contribution in [0.4, 0.5) is 13.2 Å². The summed E-state index contributed by atoms with van der Waals surface area (Å²) in [6, 6.07) is 4.50. The van der Waals surface area contributed by atoms with E-state index in [-0.39, 0.29) is 5.75 Å². The van der Waals surface area contributed by atoms with Crippen LogP contribution in [0.5, 0.6) is 5.75 Å². The maximum absolute atomic E-state index is 13.4. The van der Waals surface area contributed by atoms with Crippen LogP contribution in [0.3, 0.4) is 0 Å². The van der Waals surface area contributed by atoms with Gasteiger partial charge in [-0.05, 0) is 24.3 Å². The summed E-state index contributed by atoms with van der Waals surface area (Å²) in [6.07, 6.45) is -1.07. The van der Waals surface area contributed by atoms with Gasteiger partial charge < -0.3 is 9.84 Å². The Balaban J connectivity index is 2.52. The smallest absolute Gasteiger partial charge is 0.335 e. The molecule has 1 aliphatic rings.